The van der Waals surface area contributed by atoms with Crippen LogP contribution in [0, 0.1) is 5.41 Å². The second kappa shape index (κ2) is 4.11. The summed E-state index contributed by atoms with van der Waals surface area (Å²) >= 11 is 0. The number of amidine groups is 1. The molecule has 0 aliphatic carbocycles. The van der Waals surface area contributed by atoms with Crippen molar-refractivity contribution in [3.8, 4) is 0 Å². The van der Waals surface area contributed by atoms with Crippen molar-refractivity contribution in [2.75, 3.05) is 7.05 Å². The van der Waals surface area contributed by atoms with Gasteiger partial charge in [0.15, 0.2) is 0 Å². The van der Waals surface area contributed by atoms with Crippen LogP contribution in [0.2, 0.25) is 0 Å². The summed E-state index contributed by atoms with van der Waals surface area (Å²) < 4.78 is 0. The number of aliphatic imine (C=N–C) groups is 1. The predicted octanol–water partition coefficient (Wildman–Crippen LogP) is -0.264. The molecule has 0 heterocycles. The van der Waals surface area contributed by atoms with E-state index in [4.69, 9.17) is 5.41 Å². The molecule has 0 fully saturated rings. The lowest BCUT2D eigenvalue weighted by atomic mass is 10.7. The van der Waals surface area contributed by atoms with E-state index in [1.807, 2.05) is 0 Å². The van der Waals surface area contributed by atoms with E-state index < -0.39 is 0 Å². The van der Waals surface area contributed by atoms with Crippen LogP contribution in [0.15, 0.2) is 4.99 Å². The van der Waals surface area contributed by atoms with E-state index in [-0.39, 0.29) is 0 Å². The van der Waals surface area contributed by atoms with Gasteiger partial charge in [0.05, 0.1) is 0 Å². The zero-order valence-electron chi connectivity index (χ0n) is 5.02. The van der Waals surface area contributed by atoms with Crippen molar-refractivity contribution in [2.45, 2.75) is 6.92 Å². The summed E-state index contributed by atoms with van der Waals surface area (Å²) in [6.07, 6.45) is 1.47. The van der Waals surface area contributed by atoms with Crippen LogP contribution in [0.25, 0.3) is 0 Å². The molecule has 8 heavy (non-hydrogen) atoms. The summed E-state index contributed by atoms with van der Waals surface area (Å²) in [5, 5.41) is 6.84. The van der Waals surface area contributed by atoms with Gasteiger partial charge in [-0.05, 0) is 6.92 Å². The minimum atomic E-state index is 0.366. The first-order valence-electron chi connectivity index (χ1n) is 2.24. The van der Waals surface area contributed by atoms with E-state index >= 15 is 0 Å². The fraction of sp³-hybridized carbons (Fsp3) is 0.500. The van der Waals surface area contributed by atoms with Crippen LogP contribution in [-0.4, -0.2) is 19.2 Å². The highest BCUT2D eigenvalue weighted by molar-refractivity contribution is 5.77. The standard InChI is InChI=1S/C4H10N4/c1-4(5)8-7-3-6-2/h3H,1-2H3,(H2,5,8)(H,6,7). The quantitative estimate of drug-likeness (QED) is 0.263. The Morgan fingerprint density at radius 1 is 1.75 bits per heavy atom. The molecule has 0 aromatic heterocycles. The third-order valence-electron chi connectivity index (χ3n) is 0.453. The fourth-order valence-corrected chi connectivity index (χ4v) is 0.205. The maximum Gasteiger partial charge on any atom is 0.109 e. The SMILES string of the molecule is CN=CNNC(C)=N. The summed E-state index contributed by atoms with van der Waals surface area (Å²) in [4.78, 5) is 3.61. The van der Waals surface area contributed by atoms with Crippen LogP contribution in [0.4, 0.5) is 0 Å². The monoisotopic (exact) mass is 114 g/mol. The average Bonchev–Trinajstić information content (AvgIpc) is 1.66. The molecule has 0 aliphatic rings. The molecular weight excluding hydrogens is 104 g/mol. The topological polar surface area (TPSA) is 60.3 Å². The Hall–Kier alpha value is -1.06. The molecule has 0 saturated carbocycles. The molecule has 3 N–H and O–H groups in total. The summed E-state index contributed by atoms with van der Waals surface area (Å²) in [7, 11) is 1.65. The molecule has 0 spiro atoms. The summed E-state index contributed by atoms with van der Waals surface area (Å²) in [6.45, 7) is 1.64. The number of hydrogen-bond donors (Lipinski definition) is 3. The zero-order valence-corrected chi connectivity index (χ0v) is 5.02. The van der Waals surface area contributed by atoms with E-state index in [0.717, 1.165) is 0 Å². The van der Waals surface area contributed by atoms with Gasteiger partial charge in [-0.3, -0.25) is 21.3 Å². The molecule has 0 unspecified atom stereocenters. The van der Waals surface area contributed by atoms with E-state index in [1.54, 1.807) is 14.0 Å². The van der Waals surface area contributed by atoms with E-state index in [9.17, 15) is 0 Å². The van der Waals surface area contributed by atoms with E-state index in [0.29, 0.717) is 5.84 Å². The Morgan fingerprint density at radius 2 is 2.38 bits per heavy atom. The highest BCUT2D eigenvalue weighted by Crippen LogP contribution is 1.51. The van der Waals surface area contributed by atoms with Crippen LogP contribution >= 0.6 is 0 Å². The first kappa shape index (κ1) is 6.94. The van der Waals surface area contributed by atoms with Gasteiger partial charge in [0.1, 0.15) is 12.2 Å². The molecule has 0 aromatic carbocycles. The van der Waals surface area contributed by atoms with Crippen molar-refractivity contribution < 1.29 is 0 Å². The van der Waals surface area contributed by atoms with Gasteiger partial charge in [0, 0.05) is 7.05 Å². The van der Waals surface area contributed by atoms with Crippen LogP contribution < -0.4 is 10.9 Å². The van der Waals surface area contributed by atoms with Crippen LogP contribution in [-0.2, 0) is 0 Å². The Balaban J connectivity index is 3.05. The van der Waals surface area contributed by atoms with Crippen molar-refractivity contribution in [3.63, 3.8) is 0 Å². The molecule has 0 bridgehead atoms. The molecule has 46 valence electrons. The molecule has 4 heteroatoms. The van der Waals surface area contributed by atoms with Crippen molar-refractivity contribution >= 4 is 12.2 Å². The van der Waals surface area contributed by atoms with Gasteiger partial charge < -0.3 is 0 Å². The number of hydrazine groups is 1. The summed E-state index contributed by atoms with van der Waals surface area (Å²) in [5.74, 6) is 0.366. The maximum atomic E-state index is 6.84. The van der Waals surface area contributed by atoms with Crippen molar-refractivity contribution in [3.05, 3.63) is 0 Å². The predicted molar refractivity (Wildman–Crippen MR) is 34.1 cm³/mol. The largest absolute Gasteiger partial charge is 0.290 e. The van der Waals surface area contributed by atoms with Crippen molar-refractivity contribution in [1.29, 1.82) is 5.41 Å². The van der Waals surface area contributed by atoms with Gasteiger partial charge in [-0.1, -0.05) is 0 Å². The number of rotatable bonds is 2. The minimum Gasteiger partial charge on any atom is -0.290 e. The third-order valence-corrected chi connectivity index (χ3v) is 0.453. The smallest absolute Gasteiger partial charge is 0.109 e. The highest BCUT2D eigenvalue weighted by atomic mass is 15.4. The first-order valence-corrected chi connectivity index (χ1v) is 2.24. The fourth-order valence-electron chi connectivity index (χ4n) is 0.205. The van der Waals surface area contributed by atoms with Crippen LogP contribution in [0.5, 0.6) is 0 Å². The van der Waals surface area contributed by atoms with Gasteiger partial charge in [0.2, 0.25) is 0 Å². The molecule has 4 nitrogen and oxygen atoms in total. The second-order valence-electron chi connectivity index (χ2n) is 1.28. The Labute approximate surface area is 48.5 Å². The summed E-state index contributed by atoms with van der Waals surface area (Å²) in [5.41, 5.74) is 5.10. The molecule has 0 saturated heterocycles. The van der Waals surface area contributed by atoms with Crippen molar-refractivity contribution in [2.24, 2.45) is 4.99 Å². The lowest BCUT2D eigenvalue weighted by molar-refractivity contribution is 0.868. The first-order chi connectivity index (χ1) is 3.77. The van der Waals surface area contributed by atoms with Gasteiger partial charge in [-0.15, -0.1) is 0 Å². The van der Waals surface area contributed by atoms with Gasteiger partial charge >= 0.3 is 0 Å². The van der Waals surface area contributed by atoms with Crippen LogP contribution in [0.3, 0.4) is 0 Å². The third kappa shape index (κ3) is 4.94. The molecule has 0 amide bonds. The zero-order chi connectivity index (χ0) is 6.41. The summed E-state index contributed by atoms with van der Waals surface area (Å²) in [6, 6.07) is 0. The van der Waals surface area contributed by atoms with Gasteiger partial charge in [0.25, 0.3) is 0 Å². The number of hydrogen-bond acceptors (Lipinski definition) is 2. The maximum absolute atomic E-state index is 6.84. The number of nitrogens with zero attached hydrogens (tertiary/aromatic N) is 1. The van der Waals surface area contributed by atoms with Gasteiger partial charge in [-0.2, -0.15) is 0 Å². The lowest BCUT2D eigenvalue weighted by Crippen LogP contribution is -2.33. The molecule has 0 atom stereocenters. The van der Waals surface area contributed by atoms with Crippen LogP contribution in [0.1, 0.15) is 6.92 Å². The molecule has 0 aliphatic heterocycles. The normalized spacial score (nSPS) is 9.25. The molecule has 0 radical (unpaired) electrons. The molecular formula is C4H10N4. The van der Waals surface area contributed by atoms with Gasteiger partial charge in [-0.25, -0.2) is 0 Å². The minimum absolute atomic E-state index is 0.366. The highest BCUT2D eigenvalue weighted by Gasteiger charge is 1.74. The van der Waals surface area contributed by atoms with E-state index in [2.05, 4.69) is 15.8 Å². The second-order valence-corrected chi connectivity index (χ2v) is 1.28. The molecule has 0 rings (SSSR count). The lowest BCUT2D eigenvalue weighted by Gasteiger charge is -1.98. The Morgan fingerprint density at radius 3 is 2.75 bits per heavy atom. The van der Waals surface area contributed by atoms with E-state index in [1.165, 1.54) is 6.34 Å². The Kier molecular flexibility index (Phi) is 3.56. The Bertz CT molecular complexity index is 96.2. The number of nitrogens with one attached hydrogen (secondary N) is 3. The average molecular weight is 114 g/mol. The molecule has 0 aromatic rings. The van der Waals surface area contributed by atoms with Crippen molar-refractivity contribution in [1.82, 2.24) is 10.9 Å².